The predicted octanol–water partition coefficient (Wildman–Crippen LogP) is 7.51. The van der Waals surface area contributed by atoms with Crippen LogP contribution >= 0.6 is 46.4 Å². The number of nitrogens with one attached hydrogen (secondary N) is 1. The van der Waals surface area contributed by atoms with E-state index in [2.05, 4.69) is 10.3 Å². The molecule has 5 nitrogen and oxygen atoms in total. The van der Waals surface area contributed by atoms with Crippen molar-refractivity contribution >= 4 is 69.1 Å². The molecule has 1 heterocycles. The molecule has 1 amide bonds. The number of anilines is 1. The Labute approximate surface area is 197 Å². The fourth-order valence-corrected chi connectivity index (χ4v) is 3.85. The van der Waals surface area contributed by atoms with Gasteiger partial charge in [0.15, 0.2) is 11.7 Å². The van der Waals surface area contributed by atoms with Crippen molar-refractivity contribution in [2.75, 3.05) is 5.32 Å². The predicted molar refractivity (Wildman–Crippen MR) is 125 cm³/mol. The molecule has 0 fully saturated rings. The molecule has 1 atom stereocenters. The Morgan fingerprint density at radius 2 is 1.77 bits per heavy atom. The summed E-state index contributed by atoms with van der Waals surface area (Å²) in [5, 5.41) is 4.45. The molecule has 1 unspecified atom stereocenters. The molecule has 0 aliphatic rings. The molecule has 1 aromatic heterocycles. The van der Waals surface area contributed by atoms with Gasteiger partial charge in [-0.2, -0.15) is 0 Å². The van der Waals surface area contributed by atoms with Gasteiger partial charge in [-0.1, -0.05) is 52.5 Å². The van der Waals surface area contributed by atoms with E-state index in [9.17, 15) is 4.79 Å². The van der Waals surface area contributed by atoms with Crippen molar-refractivity contribution in [3.63, 3.8) is 0 Å². The molecule has 0 spiro atoms. The van der Waals surface area contributed by atoms with E-state index in [1.165, 1.54) is 0 Å². The van der Waals surface area contributed by atoms with Gasteiger partial charge in [0.25, 0.3) is 5.91 Å². The minimum Gasteiger partial charge on any atom is -0.479 e. The van der Waals surface area contributed by atoms with E-state index < -0.39 is 6.10 Å². The average Bonchev–Trinajstić information content (AvgIpc) is 3.14. The summed E-state index contributed by atoms with van der Waals surface area (Å²) in [5.74, 6) is 0.368. The zero-order valence-electron chi connectivity index (χ0n) is 16.0. The second kappa shape index (κ2) is 8.97. The van der Waals surface area contributed by atoms with E-state index in [0.29, 0.717) is 54.1 Å². The van der Waals surface area contributed by atoms with Crippen molar-refractivity contribution in [3.05, 3.63) is 74.7 Å². The highest BCUT2D eigenvalue weighted by molar-refractivity contribution is 6.38. The van der Waals surface area contributed by atoms with E-state index in [0.717, 1.165) is 0 Å². The van der Waals surface area contributed by atoms with Crippen LogP contribution in [0.1, 0.15) is 6.92 Å². The number of benzene rings is 3. The Morgan fingerprint density at radius 3 is 2.55 bits per heavy atom. The van der Waals surface area contributed by atoms with Gasteiger partial charge < -0.3 is 14.5 Å². The maximum absolute atomic E-state index is 12.6. The third-order valence-corrected chi connectivity index (χ3v) is 5.38. The largest absolute Gasteiger partial charge is 0.479 e. The van der Waals surface area contributed by atoms with Gasteiger partial charge >= 0.3 is 0 Å². The lowest BCUT2D eigenvalue weighted by molar-refractivity contribution is -0.122. The number of hydrogen-bond donors (Lipinski definition) is 1. The van der Waals surface area contributed by atoms with E-state index >= 15 is 0 Å². The topological polar surface area (TPSA) is 64.4 Å². The SMILES string of the molecule is CC(Oc1ccc(Cl)cc1Cl)C(=O)Nc1cccc(-c2nc3cc(Cl)cc(Cl)c3o2)c1. The second-order valence-corrected chi connectivity index (χ2v) is 8.35. The maximum Gasteiger partial charge on any atom is 0.265 e. The third kappa shape index (κ3) is 4.91. The van der Waals surface area contributed by atoms with Crippen molar-refractivity contribution in [2.24, 2.45) is 0 Å². The summed E-state index contributed by atoms with van der Waals surface area (Å²) in [5.41, 5.74) is 2.20. The zero-order chi connectivity index (χ0) is 22.1. The first-order valence-corrected chi connectivity index (χ1v) is 10.6. The summed E-state index contributed by atoms with van der Waals surface area (Å²) < 4.78 is 11.4. The normalized spacial score (nSPS) is 12.0. The Morgan fingerprint density at radius 1 is 1.00 bits per heavy atom. The lowest BCUT2D eigenvalue weighted by Crippen LogP contribution is -2.30. The second-order valence-electron chi connectivity index (χ2n) is 6.66. The fraction of sp³-hybridized carbons (Fsp3) is 0.0909. The first kappa shape index (κ1) is 21.8. The van der Waals surface area contributed by atoms with Gasteiger partial charge in [-0.3, -0.25) is 4.79 Å². The number of halogens is 4. The molecule has 31 heavy (non-hydrogen) atoms. The van der Waals surface area contributed by atoms with Crippen LogP contribution < -0.4 is 10.1 Å². The van der Waals surface area contributed by atoms with Crippen LogP contribution in [0.3, 0.4) is 0 Å². The highest BCUT2D eigenvalue weighted by atomic mass is 35.5. The van der Waals surface area contributed by atoms with Crippen LogP contribution in [0.5, 0.6) is 5.75 Å². The van der Waals surface area contributed by atoms with Crippen LogP contribution in [0.25, 0.3) is 22.6 Å². The molecule has 0 radical (unpaired) electrons. The summed E-state index contributed by atoms with van der Waals surface area (Å²) in [7, 11) is 0. The number of carbonyl (C=O) groups is 1. The van der Waals surface area contributed by atoms with Gasteiger partial charge in [0.2, 0.25) is 5.89 Å². The molecule has 0 aliphatic carbocycles. The number of oxazole rings is 1. The van der Waals surface area contributed by atoms with Crippen molar-refractivity contribution < 1.29 is 13.9 Å². The highest BCUT2D eigenvalue weighted by Gasteiger charge is 2.18. The number of nitrogens with zero attached hydrogens (tertiary/aromatic N) is 1. The number of fused-ring (bicyclic) bond motifs is 1. The quantitative estimate of drug-likeness (QED) is 0.311. The Bertz CT molecular complexity index is 1290. The summed E-state index contributed by atoms with van der Waals surface area (Å²) in [4.78, 5) is 17.0. The average molecular weight is 496 g/mol. The minimum atomic E-state index is -0.799. The van der Waals surface area contributed by atoms with E-state index in [1.54, 1.807) is 55.5 Å². The molecular weight excluding hydrogens is 482 g/mol. The van der Waals surface area contributed by atoms with E-state index in [-0.39, 0.29) is 5.91 Å². The highest BCUT2D eigenvalue weighted by Crippen LogP contribution is 2.33. The first-order chi connectivity index (χ1) is 14.8. The number of carbonyl (C=O) groups excluding carboxylic acids is 1. The molecule has 4 aromatic rings. The molecule has 158 valence electrons. The zero-order valence-corrected chi connectivity index (χ0v) is 19.0. The molecule has 0 saturated heterocycles. The van der Waals surface area contributed by atoms with Crippen LogP contribution in [0, 0.1) is 0 Å². The van der Waals surface area contributed by atoms with Crippen LogP contribution in [0.15, 0.2) is 59.0 Å². The van der Waals surface area contributed by atoms with Gasteiger partial charge in [0.05, 0.1) is 10.0 Å². The lowest BCUT2D eigenvalue weighted by atomic mass is 10.2. The lowest BCUT2D eigenvalue weighted by Gasteiger charge is -2.16. The number of ether oxygens (including phenoxy) is 1. The maximum atomic E-state index is 12.6. The van der Waals surface area contributed by atoms with Crippen LogP contribution in [0.4, 0.5) is 5.69 Å². The summed E-state index contributed by atoms with van der Waals surface area (Å²) in [6, 6.07) is 15.1. The molecule has 9 heteroatoms. The molecule has 3 aromatic carbocycles. The minimum absolute atomic E-state index is 0.323. The van der Waals surface area contributed by atoms with Gasteiger partial charge in [-0.25, -0.2) is 4.98 Å². The number of rotatable bonds is 5. The van der Waals surface area contributed by atoms with E-state index in [4.69, 9.17) is 55.6 Å². The van der Waals surface area contributed by atoms with Crippen LogP contribution in [-0.4, -0.2) is 17.0 Å². The molecule has 1 N–H and O–H groups in total. The molecular formula is C22H14Cl4N2O3. The van der Waals surface area contributed by atoms with Crippen molar-refractivity contribution in [2.45, 2.75) is 13.0 Å². The first-order valence-electron chi connectivity index (χ1n) is 9.09. The number of hydrogen-bond acceptors (Lipinski definition) is 4. The summed E-state index contributed by atoms with van der Waals surface area (Å²) in [6.07, 6.45) is -0.799. The standard InChI is InChI=1S/C22H14Cl4N2O3/c1-11(30-19-6-5-13(23)8-16(19)25)21(29)27-15-4-2-3-12(7-15)22-28-18-10-14(24)9-17(26)20(18)31-22/h2-11H,1H3,(H,27,29). The molecule has 0 aliphatic heterocycles. The Kier molecular flexibility index (Phi) is 6.30. The third-order valence-electron chi connectivity index (χ3n) is 4.35. The number of aromatic nitrogens is 1. The molecule has 0 bridgehead atoms. The Balaban J connectivity index is 1.52. The van der Waals surface area contributed by atoms with Crippen molar-refractivity contribution in [1.82, 2.24) is 4.98 Å². The summed E-state index contributed by atoms with van der Waals surface area (Å²) >= 11 is 24.2. The molecule has 0 saturated carbocycles. The monoisotopic (exact) mass is 494 g/mol. The van der Waals surface area contributed by atoms with Crippen LogP contribution in [0.2, 0.25) is 20.1 Å². The number of amides is 1. The summed E-state index contributed by atoms with van der Waals surface area (Å²) in [6.45, 7) is 1.62. The van der Waals surface area contributed by atoms with Gasteiger partial charge in [0, 0.05) is 21.3 Å². The van der Waals surface area contributed by atoms with Gasteiger partial charge in [-0.05, 0) is 55.5 Å². The molecule has 4 rings (SSSR count). The van der Waals surface area contributed by atoms with Crippen LogP contribution in [-0.2, 0) is 4.79 Å². The fourth-order valence-electron chi connectivity index (χ4n) is 2.87. The van der Waals surface area contributed by atoms with Gasteiger partial charge in [-0.15, -0.1) is 0 Å². The van der Waals surface area contributed by atoms with Crippen molar-refractivity contribution in [3.8, 4) is 17.2 Å². The van der Waals surface area contributed by atoms with Gasteiger partial charge in [0.1, 0.15) is 11.3 Å². The smallest absolute Gasteiger partial charge is 0.265 e. The Hall–Kier alpha value is -2.44. The van der Waals surface area contributed by atoms with Crippen molar-refractivity contribution in [1.29, 1.82) is 0 Å². The van der Waals surface area contributed by atoms with E-state index in [1.807, 2.05) is 6.07 Å².